The predicted molar refractivity (Wildman–Crippen MR) is 99.1 cm³/mol. The number of carboxylic acid groups (broad SMARTS) is 1. The molecule has 1 amide bonds. The minimum atomic E-state index is -4.62. The highest BCUT2D eigenvalue weighted by Crippen LogP contribution is 2.30. The maximum atomic E-state index is 13.1. The van der Waals surface area contributed by atoms with Gasteiger partial charge in [-0.1, -0.05) is 6.07 Å². The lowest BCUT2D eigenvalue weighted by atomic mass is 10.1. The molecule has 1 aromatic carbocycles. The van der Waals surface area contributed by atoms with E-state index in [1.807, 2.05) is 0 Å². The Morgan fingerprint density at radius 2 is 2.00 bits per heavy atom. The van der Waals surface area contributed by atoms with E-state index in [1.54, 1.807) is 20.2 Å². The third kappa shape index (κ3) is 4.50. The molecule has 0 aliphatic rings. The van der Waals surface area contributed by atoms with Crippen molar-refractivity contribution in [2.75, 3.05) is 0 Å². The maximum absolute atomic E-state index is 13.1. The molecular formula is C19H18F3N5O3. The van der Waals surface area contributed by atoms with Crippen LogP contribution in [0.15, 0.2) is 42.7 Å². The lowest BCUT2D eigenvalue weighted by molar-refractivity contribution is -0.143. The minimum Gasteiger partial charge on any atom is -0.480 e. The van der Waals surface area contributed by atoms with Gasteiger partial charge in [0.15, 0.2) is 0 Å². The summed E-state index contributed by atoms with van der Waals surface area (Å²) in [5.41, 5.74) is 0.333. The third-order valence-electron chi connectivity index (χ3n) is 4.43. The first kappa shape index (κ1) is 21.1. The number of hydrogen-bond acceptors (Lipinski definition) is 4. The molecule has 2 aromatic heterocycles. The largest absolute Gasteiger partial charge is 0.480 e. The molecule has 0 saturated carbocycles. The van der Waals surface area contributed by atoms with Crippen molar-refractivity contribution in [2.24, 2.45) is 7.05 Å². The average Bonchev–Trinajstić information content (AvgIpc) is 3.27. The number of alkyl halides is 3. The first-order valence-electron chi connectivity index (χ1n) is 8.80. The summed E-state index contributed by atoms with van der Waals surface area (Å²) in [6.07, 6.45) is -1.94. The monoisotopic (exact) mass is 421 g/mol. The van der Waals surface area contributed by atoms with Crippen molar-refractivity contribution in [1.82, 2.24) is 24.9 Å². The van der Waals surface area contributed by atoms with Crippen LogP contribution in [0, 0.1) is 6.92 Å². The number of benzene rings is 1. The molecule has 3 rings (SSSR count). The van der Waals surface area contributed by atoms with Gasteiger partial charge in [0.05, 0.1) is 17.6 Å². The van der Waals surface area contributed by atoms with E-state index in [0.717, 1.165) is 12.3 Å². The van der Waals surface area contributed by atoms with Gasteiger partial charge in [-0.05, 0) is 36.8 Å². The summed E-state index contributed by atoms with van der Waals surface area (Å²) in [6.45, 7) is 1.72. The van der Waals surface area contributed by atoms with Gasteiger partial charge >= 0.3 is 12.1 Å². The molecular weight excluding hydrogens is 403 g/mol. The van der Waals surface area contributed by atoms with Crippen LogP contribution < -0.4 is 5.32 Å². The van der Waals surface area contributed by atoms with E-state index in [-0.39, 0.29) is 17.7 Å². The van der Waals surface area contributed by atoms with Gasteiger partial charge in [-0.2, -0.15) is 23.4 Å². The van der Waals surface area contributed by atoms with Gasteiger partial charge in [-0.25, -0.2) is 9.48 Å². The van der Waals surface area contributed by atoms with Crippen LogP contribution in [-0.2, 0) is 24.4 Å². The minimum absolute atomic E-state index is 0.00489. The number of carboxylic acids is 1. The lowest BCUT2D eigenvalue weighted by Gasteiger charge is -2.15. The van der Waals surface area contributed by atoms with Gasteiger partial charge in [0.1, 0.15) is 11.7 Å². The molecule has 0 aliphatic carbocycles. The number of nitrogens with one attached hydrogen (secondary N) is 1. The molecule has 8 nitrogen and oxygen atoms in total. The molecule has 0 radical (unpaired) electrons. The number of hydrogen-bond donors (Lipinski definition) is 2. The van der Waals surface area contributed by atoms with E-state index >= 15 is 0 Å². The fraction of sp³-hybridized carbons (Fsp3) is 0.263. The molecule has 11 heteroatoms. The Labute approximate surface area is 168 Å². The molecule has 0 fully saturated rings. The van der Waals surface area contributed by atoms with Gasteiger partial charge in [0.25, 0.3) is 5.91 Å². The highest BCUT2D eigenvalue weighted by molar-refractivity contribution is 5.97. The first-order valence-corrected chi connectivity index (χ1v) is 8.80. The van der Waals surface area contributed by atoms with Crippen molar-refractivity contribution < 1.29 is 27.9 Å². The van der Waals surface area contributed by atoms with Crippen LogP contribution in [0.3, 0.4) is 0 Å². The second-order valence-corrected chi connectivity index (χ2v) is 6.66. The summed E-state index contributed by atoms with van der Waals surface area (Å²) in [5.74, 6) is -1.97. The molecule has 0 aliphatic heterocycles. The number of nitrogens with zero attached hydrogens (tertiary/aromatic N) is 4. The van der Waals surface area contributed by atoms with Crippen LogP contribution in [0.4, 0.5) is 13.2 Å². The number of halogens is 3. The highest BCUT2D eigenvalue weighted by atomic mass is 19.4. The molecule has 0 spiro atoms. The summed E-state index contributed by atoms with van der Waals surface area (Å²) in [5, 5.41) is 19.7. The second kappa shape index (κ2) is 8.01. The Balaban J connectivity index is 1.83. The number of rotatable bonds is 6. The lowest BCUT2D eigenvalue weighted by Crippen LogP contribution is -2.42. The van der Waals surface area contributed by atoms with Crippen LogP contribution in [0.2, 0.25) is 0 Å². The zero-order chi connectivity index (χ0) is 22.1. The highest BCUT2D eigenvalue weighted by Gasteiger charge is 2.35. The van der Waals surface area contributed by atoms with Crippen LogP contribution in [0.25, 0.3) is 5.69 Å². The topological polar surface area (TPSA) is 102 Å². The average molecular weight is 421 g/mol. The first-order chi connectivity index (χ1) is 14.1. The van der Waals surface area contributed by atoms with Crippen molar-refractivity contribution in [3.8, 4) is 5.69 Å². The maximum Gasteiger partial charge on any atom is 0.433 e. The normalized spacial score (nSPS) is 12.6. The van der Waals surface area contributed by atoms with E-state index < -0.39 is 29.8 Å². The van der Waals surface area contributed by atoms with Crippen LogP contribution >= 0.6 is 0 Å². The number of aliphatic carboxylic acids is 1. The number of amides is 1. The van der Waals surface area contributed by atoms with Crippen molar-refractivity contribution >= 4 is 11.9 Å². The van der Waals surface area contributed by atoms with E-state index in [4.69, 9.17) is 0 Å². The molecule has 30 heavy (non-hydrogen) atoms. The van der Waals surface area contributed by atoms with Gasteiger partial charge in [-0.15, -0.1) is 0 Å². The van der Waals surface area contributed by atoms with Gasteiger partial charge in [-0.3, -0.25) is 9.48 Å². The fourth-order valence-electron chi connectivity index (χ4n) is 3.01. The fourth-order valence-corrected chi connectivity index (χ4v) is 3.01. The van der Waals surface area contributed by atoms with Crippen molar-refractivity contribution in [2.45, 2.75) is 25.6 Å². The van der Waals surface area contributed by atoms with Crippen LogP contribution in [0.5, 0.6) is 0 Å². The smallest absolute Gasteiger partial charge is 0.433 e. The summed E-state index contributed by atoms with van der Waals surface area (Å²) < 4.78 is 41.6. The number of aromatic nitrogens is 4. The summed E-state index contributed by atoms with van der Waals surface area (Å²) in [6, 6.07) is 4.94. The standard InChI is InChI=1S/C19H18F3N5O3/c1-11-13(10-26(2)25-11)9-15(18(29)30)24-17(28)12-4-3-5-14(8-12)27-16(6-7-23-27)19(20,21)22/h3-8,10,15H,9H2,1-2H3,(H,24,28)(H,29,30). The van der Waals surface area contributed by atoms with Gasteiger partial charge < -0.3 is 10.4 Å². The zero-order valence-corrected chi connectivity index (χ0v) is 16.0. The molecule has 0 saturated heterocycles. The molecule has 3 aromatic rings. The number of carbonyl (C=O) groups excluding carboxylic acids is 1. The summed E-state index contributed by atoms with van der Waals surface area (Å²) in [4.78, 5) is 24.2. The quantitative estimate of drug-likeness (QED) is 0.636. The number of aryl methyl sites for hydroxylation is 2. The van der Waals surface area contributed by atoms with Crippen molar-refractivity contribution in [3.63, 3.8) is 0 Å². The molecule has 2 N–H and O–H groups in total. The van der Waals surface area contributed by atoms with Crippen molar-refractivity contribution in [3.05, 3.63) is 65.2 Å². The Bertz CT molecular complexity index is 1090. The Kier molecular flexibility index (Phi) is 5.63. The molecule has 158 valence electrons. The molecule has 2 heterocycles. The van der Waals surface area contributed by atoms with Crippen LogP contribution in [-0.4, -0.2) is 42.6 Å². The predicted octanol–water partition coefficient (Wildman–Crippen LogP) is 2.36. The van der Waals surface area contributed by atoms with Gasteiger partial charge in [0, 0.05) is 25.2 Å². The van der Waals surface area contributed by atoms with Gasteiger partial charge in [0.2, 0.25) is 0 Å². The summed E-state index contributed by atoms with van der Waals surface area (Å²) >= 11 is 0. The molecule has 1 atom stereocenters. The van der Waals surface area contributed by atoms with E-state index in [9.17, 15) is 27.9 Å². The summed E-state index contributed by atoms with van der Waals surface area (Å²) in [7, 11) is 1.70. The third-order valence-corrected chi connectivity index (χ3v) is 4.43. The Morgan fingerprint density at radius 1 is 1.27 bits per heavy atom. The second-order valence-electron chi connectivity index (χ2n) is 6.66. The van der Waals surface area contributed by atoms with E-state index in [2.05, 4.69) is 15.5 Å². The number of carbonyl (C=O) groups is 2. The molecule has 0 bridgehead atoms. The molecule has 1 unspecified atom stereocenters. The van der Waals surface area contributed by atoms with Crippen molar-refractivity contribution in [1.29, 1.82) is 0 Å². The van der Waals surface area contributed by atoms with Crippen LogP contribution in [0.1, 0.15) is 27.3 Å². The van der Waals surface area contributed by atoms with E-state index in [1.165, 1.54) is 28.9 Å². The Morgan fingerprint density at radius 3 is 2.60 bits per heavy atom. The van der Waals surface area contributed by atoms with E-state index in [0.29, 0.717) is 15.9 Å². The zero-order valence-electron chi connectivity index (χ0n) is 16.0. The Hall–Kier alpha value is -3.63. The SMILES string of the molecule is Cc1nn(C)cc1CC(NC(=O)c1cccc(-n2nccc2C(F)(F)F)c1)C(=O)O.